The van der Waals surface area contributed by atoms with Crippen LogP contribution in [0.4, 0.5) is 5.69 Å². The normalized spacial score (nSPS) is 10.1. The minimum absolute atomic E-state index is 0. The number of carbonyl (C=O) groups is 1. The predicted molar refractivity (Wildman–Crippen MR) is 268 cm³/mol. The summed E-state index contributed by atoms with van der Waals surface area (Å²) >= 11 is 3.25. The monoisotopic (exact) mass is 901 g/mol. The van der Waals surface area contributed by atoms with Crippen molar-refractivity contribution in [1.29, 1.82) is 0 Å². The van der Waals surface area contributed by atoms with Crippen LogP contribution in [0.5, 0.6) is 0 Å². The highest BCUT2D eigenvalue weighted by Crippen LogP contribution is 2.31. The Morgan fingerprint density at radius 2 is 0.820 bits per heavy atom. The number of fused-ring (bicyclic) bond motifs is 2. The van der Waals surface area contributed by atoms with Gasteiger partial charge in [-0.15, -0.1) is 0 Å². The van der Waals surface area contributed by atoms with Crippen LogP contribution in [-0.2, 0) is 0 Å². The fraction of sp³-hybridized carbons (Fsp3) is 0.255. The summed E-state index contributed by atoms with van der Waals surface area (Å²) in [5.41, 5.74) is 20.7. The number of alkyl halides is 1. The Morgan fingerprint density at radius 3 is 1.15 bits per heavy atom. The van der Waals surface area contributed by atoms with Crippen molar-refractivity contribution >= 4 is 49.2 Å². The summed E-state index contributed by atoms with van der Waals surface area (Å²) in [5.74, 6) is 0.134. The van der Waals surface area contributed by atoms with Gasteiger partial charge in [-0.25, -0.2) is 0 Å². The number of ketones is 1. The summed E-state index contributed by atoms with van der Waals surface area (Å²) < 4.78 is 0. The fourth-order valence-corrected chi connectivity index (χ4v) is 6.47. The summed E-state index contributed by atoms with van der Waals surface area (Å²) in [6.07, 6.45) is 0. The van der Waals surface area contributed by atoms with Crippen molar-refractivity contribution in [1.82, 2.24) is 9.97 Å². The molecule has 0 amide bonds. The Hall–Kier alpha value is -5.20. The fourth-order valence-electron chi connectivity index (χ4n) is 6.20. The largest absolute Gasteiger partial charge is 1.00 e. The molecule has 0 radical (unpaired) electrons. The van der Waals surface area contributed by atoms with Crippen LogP contribution in [-0.4, -0.2) is 20.6 Å². The van der Waals surface area contributed by atoms with E-state index in [1.807, 2.05) is 104 Å². The van der Waals surface area contributed by atoms with Gasteiger partial charge in [0, 0.05) is 38.8 Å². The van der Waals surface area contributed by atoms with Crippen molar-refractivity contribution in [3.05, 3.63) is 185 Å². The van der Waals surface area contributed by atoms with Gasteiger partial charge in [-0.2, -0.15) is 0 Å². The van der Waals surface area contributed by atoms with Gasteiger partial charge in [0.25, 0.3) is 0 Å². The van der Waals surface area contributed by atoms with Crippen LogP contribution >= 0.6 is 15.9 Å². The molecule has 61 heavy (non-hydrogen) atoms. The Labute approximate surface area is 382 Å². The Kier molecular flexibility index (Phi) is 25.0. The van der Waals surface area contributed by atoms with Crippen LogP contribution in [0.1, 0.15) is 92.2 Å². The molecule has 0 aliphatic heterocycles. The van der Waals surface area contributed by atoms with Crippen LogP contribution in [0.15, 0.2) is 146 Å². The maximum Gasteiger partial charge on any atom is 0.176 e. The third kappa shape index (κ3) is 16.3. The molecule has 5 N–H and O–H groups in total. The van der Waals surface area contributed by atoms with E-state index < -0.39 is 0 Å². The number of rotatable bonds is 4. The van der Waals surface area contributed by atoms with E-state index in [9.17, 15) is 4.79 Å². The van der Waals surface area contributed by atoms with Gasteiger partial charge in [-0.05, 0) is 107 Å². The zero-order valence-corrected chi connectivity index (χ0v) is 41.1. The number of hydrogen-bond acceptors (Lipinski definition) is 1. The van der Waals surface area contributed by atoms with E-state index in [1.54, 1.807) is 0 Å². The van der Waals surface area contributed by atoms with Gasteiger partial charge in [0.05, 0.1) is 4.83 Å². The van der Waals surface area contributed by atoms with E-state index in [1.165, 1.54) is 77.7 Å². The first-order valence-electron chi connectivity index (χ1n) is 21.3. The number of aromatic nitrogens is 2. The standard InChI is InChI=1S/2C16H15N.C10H11BrO.C7H9N.3C2H6.ClH/c2*1-11-8-9-15-14(10-11)12(2)16(17-15)13-6-4-3-5-7-13;1-7-3-5-9(6-4-7)10(12)8(2)11;1-6-2-4-7(8)5-3-6;3*1-2;/h2*3-10,17H,1-2H3;3-6,8H,1-2H3;2-5H,8H2,1H3;3*1-2H3;1H. The van der Waals surface area contributed by atoms with Crippen LogP contribution in [0.3, 0.4) is 0 Å². The van der Waals surface area contributed by atoms with Gasteiger partial charge < -0.3 is 28.1 Å². The van der Waals surface area contributed by atoms with Crippen LogP contribution in [0.2, 0.25) is 0 Å². The van der Waals surface area contributed by atoms with Gasteiger partial charge in [0.2, 0.25) is 0 Å². The molecule has 2 heterocycles. The molecular weight excluding hydrogens is 834 g/mol. The summed E-state index contributed by atoms with van der Waals surface area (Å²) in [4.78, 5) is 18.3. The molecule has 0 spiro atoms. The van der Waals surface area contributed by atoms with E-state index in [0.29, 0.717) is 0 Å². The second-order valence-electron chi connectivity index (χ2n) is 13.9. The minimum Gasteiger partial charge on any atom is -1.00 e. The van der Waals surface area contributed by atoms with E-state index in [0.717, 1.165) is 11.3 Å². The topological polar surface area (TPSA) is 76.3 Å². The third-order valence-electron chi connectivity index (χ3n) is 9.37. The average Bonchev–Trinajstić information content (AvgIpc) is 3.80. The highest BCUT2D eigenvalue weighted by atomic mass is 79.9. The summed E-state index contributed by atoms with van der Waals surface area (Å²) in [6, 6.07) is 49.8. The maximum absolute atomic E-state index is 11.4. The maximum atomic E-state index is 11.4. The molecule has 8 rings (SSSR count). The molecule has 0 saturated heterocycles. The molecular formula is C55H69BrClN3O. The molecule has 0 fully saturated rings. The second kappa shape index (κ2) is 28.3. The number of nitrogens with one attached hydrogen (secondary N) is 2. The zero-order valence-electron chi connectivity index (χ0n) is 38.8. The highest BCUT2D eigenvalue weighted by molar-refractivity contribution is 9.10. The average molecular weight is 904 g/mol. The molecule has 0 bridgehead atoms. The molecule has 2 aromatic heterocycles. The zero-order chi connectivity index (χ0) is 44.8. The highest BCUT2D eigenvalue weighted by Gasteiger charge is 2.11. The Morgan fingerprint density at radius 1 is 0.492 bits per heavy atom. The van der Waals surface area contributed by atoms with E-state index >= 15 is 0 Å². The Bertz CT molecular complexity index is 2290. The van der Waals surface area contributed by atoms with Gasteiger partial charge in [-0.3, -0.25) is 4.79 Å². The summed E-state index contributed by atoms with van der Waals surface area (Å²) in [7, 11) is 0. The van der Waals surface area contributed by atoms with Crippen molar-refractivity contribution in [2.45, 2.75) is 94.8 Å². The number of carbonyl (C=O) groups excluding carboxylic acids is 1. The number of H-pyrrole nitrogens is 2. The van der Waals surface area contributed by atoms with Gasteiger partial charge >= 0.3 is 0 Å². The molecule has 6 aromatic carbocycles. The van der Waals surface area contributed by atoms with Crippen molar-refractivity contribution in [3.8, 4) is 22.5 Å². The Balaban J connectivity index is 0.000000400. The third-order valence-corrected chi connectivity index (χ3v) is 9.79. The first-order valence-corrected chi connectivity index (χ1v) is 22.2. The van der Waals surface area contributed by atoms with Gasteiger partial charge in [-0.1, -0.05) is 189 Å². The van der Waals surface area contributed by atoms with Crippen molar-refractivity contribution < 1.29 is 22.9 Å². The molecule has 0 aliphatic carbocycles. The SMILES string of the molecule is CC.CC.CC.Cc1ccc(C(=O)C(C)Br)cc1.Cc1ccc([NH3+])cc1.Cc1ccc2[nH]c(-c3ccccc3)c(C)c2c1.Cc1ccc2[nH]c(-c3ccccc3)c(C)c2c1.[Cl-]. The summed E-state index contributed by atoms with van der Waals surface area (Å²) in [6.45, 7) is 26.5. The quantitative estimate of drug-likeness (QED) is 0.119. The van der Waals surface area contributed by atoms with Crippen molar-refractivity contribution in [3.63, 3.8) is 0 Å². The molecule has 1 unspecified atom stereocenters. The lowest BCUT2D eigenvalue weighted by Gasteiger charge is -2.02. The lowest BCUT2D eigenvalue weighted by Crippen LogP contribution is -3.00. The molecule has 6 heteroatoms. The minimum atomic E-state index is -0.0970. The van der Waals surface area contributed by atoms with Crippen molar-refractivity contribution in [2.75, 3.05) is 0 Å². The number of aromatic amines is 2. The first-order chi connectivity index (χ1) is 28.9. The molecule has 1 atom stereocenters. The van der Waals surface area contributed by atoms with E-state index in [2.05, 4.69) is 163 Å². The number of halogens is 2. The summed E-state index contributed by atoms with van der Waals surface area (Å²) in [5, 5.41) is 2.65. The first kappa shape index (κ1) is 53.8. The second-order valence-corrected chi connectivity index (χ2v) is 15.3. The molecule has 8 aromatic rings. The van der Waals surface area contributed by atoms with Crippen LogP contribution in [0.25, 0.3) is 44.3 Å². The van der Waals surface area contributed by atoms with Gasteiger partial charge in [0.15, 0.2) is 5.78 Å². The predicted octanol–water partition coefficient (Wildman–Crippen LogP) is 12.8. The molecule has 4 nitrogen and oxygen atoms in total. The van der Waals surface area contributed by atoms with Crippen LogP contribution < -0.4 is 18.1 Å². The van der Waals surface area contributed by atoms with E-state index in [-0.39, 0.29) is 23.0 Å². The number of benzene rings is 6. The molecule has 324 valence electrons. The van der Waals surface area contributed by atoms with Crippen LogP contribution in [0, 0.1) is 41.5 Å². The number of quaternary nitrogens is 1. The number of hydrogen-bond donors (Lipinski definition) is 3. The molecule has 0 saturated carbocycles. The van der Waals surface area contributed by atoms with E-state index in [4.69, 9.17) is 0 Å². The van der Waals surface area contributed by atoms with Gasteiger partial charge in [0.1, 0.15) is 5.69 Å². The molecule has 0 aliphatic rings. The lowest BCUT2D eigenvalue weighted by atomic mass is 10.1. The lowest BCUT2D eigenvalue weighted by molar-refractivity contribution is -0.254. The smallest absolute Gasteiger partial charge is 0.176 e. The number of aryl methyl sites for hydroxylation is 6. The number of Topliss-reactive ketones (excluding diaryl/α,β-unsaturated/α-hetero) is 1. The van der Waals surface area contributed by atoms with Crippen molar-refractivity contribution in [2.24, 2.45) is 0 Å².